The Hall–Kier alpha value is -2.51. The van der Waals surface area contributed by atoms with Crippen molar-refractivity contribution in [3.8, 4) is 0 Å². The van der Waals surface area contributed by atoms with E-state index in [1.807, 2.05) is 44.4 Å². The van der Waals surface area contributed by atoms with Crippen molar-refractivity contribution in [2.45, 2.75) is 47.5 Å². The first-order valence-electron chi connectivity index (χ1n) is 9.41. The molecule has 0 aromatic carbocycles. The third-order valence-electron chi connectivity index (χ3n) is 5.14. The molecule has 0 saturated carbocycles. The lowest BCUT2D eigenvalue weighted by molar-refractivity contribution is -0.144. The third kappa shape index (κ3) is 3.94. The van der Waals surface area contributed by atoms with Crippen LogP contribution in [0, 0.1) is 19.3 Å². The number of nitrogens with zero attached hydrogens (tertiary/aromatic N) is 6. The van der Waals surface area contributed by atoms with Crippen molar-refractivity contribution >= 4 is 17.6 Å². The molecule has 0 unspecified atom stereocenters. The molecule has 8 heteroatoms. The number of hydrogen-bond acceptors (Lipinski definition) is 5. The summed E-state index contributed by atoms with van der Waals surface area (Å²) < 4.78 is 1.71. The Bertz CT molecular complexity index is 859. The van der Waals surface area contributed by atoms with Crippen LogP contribution in [0.4, 0.5) is 0 Å². The van der Waals surface area contributed by atoms with Crippen LogP contribution in [0.15, 0.2) is 6.33 Å². The van der Waals surface area contributed by atoms with Gasteiger partial charge in [-0.05, 0) is 25.8 Å². The van der Waals surface area contributed by atoms with E-state index in [9.17, 15) is 9.59 Å². The molecule has 1 aliphatic heterocycles. The van der Waals surface area contributed by atoms with E-state index in [0.29, 0.717) is 44.8 Å². The Morgan fingerprint density at radius 3 is 2.33 bits per heavy atom. The lowest BCUT2D eigenvalue weighted by atomic mass is 9.94. The summed E-state index contributed by atoms with van der Waals surface area (Å²) in [6, 6.07) is 0. The maximum absolute atomic E-state index is 12.6. The molecule has 0 radical (unpaired) electrons. The maximum atomic E-state index is 12.6. The molecule has 0 spiro atoms. The molecule has 0 atom stereocenters. The van der Waals surface area contributed by atoms with Crippen molar-refractivity contribution in [1.29, 1.82) is 0 Å². The zero-order valence-corrected chi connectivity index (χ0v) is 16.8. The van der Waals surface area contributed by atoms with Gasteiger partial charge in [0.05, 0.1) is 0 Å². The molecule has 27 heavy (non-hydrogen) atoms. The minimum Gasteiger partial charge on any atom is -0.339 e. The molecule has 2 aromatic rings. The Morgan fingerprint density at radius 2 is 1.70 bits per heavy atom. The van der Waals surface area contributed by atoms with Gasteiger partial charge < -0.3 is 9.80 Å². The van der Waals surface area contributed by atoms with E-state index in [1.54, 1.807) is 4.52 Å². The van der Waals surface area contributed by atoms with Crippen molar-refractivity contribution < 1.29 is 9.59 Å². The number of aromatic nitrogens is 4. The number of piperazine rings is 1. The van der Waals surface area contributed by atoms with Gasteiger partial charge in [-0.25, -0.2) is 9.50 Å². The number of hydrogen-bond donors (Lipinski definition) is 0. The van der Waals surface area contributed by atoms with Gasteiger partial charge in [-0.1, -0.05) is 20.8 Å². The van der Waals surface area contributed by atoms with Crippen LogP contribution in [-0.2, 0) is 16.0 Å². The number of carbonyl (C=O) groups excluding carboxylic acids is 2. The number of rotatable bonds is 3. The Morgan fingerprint density at radius 1 is 1.07 bits per heavy atom. The number of aryl methyl sites for hydroxylation is 2. The summed E-state index contributed by atoms with van der Waals surface area (Å²) >= 11 is 0. The first-order valence-corrected chi connectivity index (χ1v) is 9.41. The second-order valence-electron chi connectivity index (χ2n) is 8.16. The fourth-order valence-corrected chi connectivity index (χ4v) is 3.54. The smallest absolute Gasteiger partial charge is 0.252 e. The van der Waals surface area contributed by atoms with Crippen LogP contribution in [0.2, 0.25) is 0 Å². The maximum Gasteiger partial charge on any atom is 0.252 e. The number of carbonyl (C=O) groups is 2. The van der Waals surface area contributed by atoms with Gasteiger partial charge in [-0.15, -0.1) is 0 Å². The highest BCUT2D eigenvalue weighted by Gasteiger charge is 2.30. The van der Waals surface area contributed by atoms with Crippen molar-refractivity contribution in [2.24, 2.45) is 5.41 Å². The van der Waals surface area contributed by atoms with Crippen LogP contribution < -0.4 is 0 Å². The van der Waals surface area contributed by atoms with Gasteiger partial charge in [0.2, 0.25) is 11.8 Å². The Labute approximate surface area is 159 Å². The molecular formula is C19H28N6O2. The molecule has 2 aromatic heterocycles. The average molecular weight is 372 g/mol. The predicted octanol–water partition coefficient (Wildman–Crippen LogP) is 1.39. The van der Waals surface area contributed by atoms with E-state index in [4.69, 9.17) is 0 Å². The fraction of sp³-hybridized carbons (Fsp3) is 0.632. The van der Waals surface area contributed by atoms with Crippen LogP contribution >= 0.6 is 0 Å². The molecular weight excluding hydrogens is 344 g/mol. The molecule has 1 aliphatic rings. The van der Waals surface area contributed by atoms with E-state index in [2.05, 4.69) is 15.1 Å². The normalized spacial score (nSPS) is 15.4. The van der Waals surface area contributed by atoms with E-state index < -0.39 is 0 Å². The van der Waals surface area contributed by atoms with Crippen LogP contribution in [0.1, 0.15) is 44.1 Å². The second kappa shape index (κ2) is 7.25. The molecule has 3 rings (SSSR count). The topological polar surface area (TPSA) is 83.7 Å². The fourth-order valence-electron chi connectivity index (χ4n) is 3.54. The zero-order valence-electron chi connectivity index (χ0n) is 16.8. The van der Waals surface area contributed by atoms with Gasteiger partial charge in [0.1, 0.15) is 6.33 Å². The van der Waals surface area contributed by atoms with E-state index >= 15 is 0 Å². The van der Waals surface area contributed by atoms with Gasteiger partial charge in [-0.2, -0.15) is 10.1 Å². The van der Waals surface area contributed by atoms with Crippen molar-refractivity contribution in [3.63, 3.8) is 0 Å². The highest BCUT2D eigenvalue weighted by molar-refractivity contribution is 5.82. The monoisotopic (exact) mass is 372 g/mol. The number of fused-ring (bicyclic) bond motifs is 1. The van der Waals surface area contributed by atoms with Gasteiger partial charge in [-0.3, -0.25) is 9.59 Å². The predicted molar refractivity (Wildman–Crippen MR) is 101 cm³/mol. The number of amides is 2. The minimum absolute atomic E-state index is 0.121. The average Bonchev–Trinajstić information content (AvgIpc) is 3.08. The molecule has 146 valence electrons. The van der Waals surface area contributed by atoms with Gasteiger partial charge in [0.15, 0.2) is 0 Å². The van der Waals surface area contributed by atoms with Crippen molar-refractivity contribution in [1.82, 2.24) is 29.4 Å². The first kappa shape index (κ1) is 19.3. The lowest BCUT2D eigenvalue weighted by Crippen LogP contribution is -2.53. The molecule has 0 N–H and O–H groups in total. The summed E-state index contributed by atoms with van der Waals surface area (Å²) in [7, 11) is 0. The largest absolute Gasteiger partial charge is 0.339 e. The summed E-state index contributed by atoms with van der Waals surface area (Å²) in [6.45, 7) is 12.1. The summed E-state index contributed by atoms with van der Waals surface area (Å²) in [6.07, 6.45) is 2.54. The van der Waals surface area contributed by atoms with Crippen LogP contribution in [0.5, 0.6) is 0 Å². The summed E-state index contributed by atoms with van der Waals surface area (Å²) in [5, 5.41) is 4.19. The summed E-state index contributed by atoms with van der Waals surface area (Å²) in [5.74, 6) is 0.850. The van der Waals surface area contributed by atoms with Crippen molar-refractivity contribution in [3.05, 3.63) is 23.3 Å². The van der Waals surface area contributed by atoms with E-state index in [1.165, 1.54) is 6.33 Å². The SMILES string of the molecule is Cc1nc2ncnn2c(C)c1CCC(=O)N1CCN(C(=O)C(C)(C)C)CC1. The molecule has 0 aliphatic carbocycles. The van der Waals surface area contributed by atoms with E-state index in [0.717, 1.165) is 17.0 Å². The molecule has 8 nitrogen and oxygen atoms in total. The van der Waals surface area contributed by atoms with Crippen LogP contribution in [0.25, 0.3) is 5.78 Å². The standard InChI is InChI=1S/C19H28N6O2/c1-13-15(14(2)25-18(22-13)20-12-21-25)6-7-16(26)23-8-10-24(11-9-23)17(27)19(3,4)5/h12H,6-11H2,1-5H3. The van der Waals surface area contributed by atoms with Crippen LogP contribution in [0.3, 0.4) is 0 Å². The van der Waals surface area contributed by atoms with E-state index in [-0.39, 0.29) is 17.2 Å². The first-order chi connectivity index (χ1) is 12.7. The van der Waals surface area contributed by atoms with Crippen LogP contribution in [-0.4, -0.2) is 67.4 Å². The molecule has 0 bridgehead atoms. The van der Waals surface area contributed by atoms with Gasteiger partial charge >= 0.3 is 0 Å². The second-order valence-corrected chi connectivity index (χ2v) is 8.16. The highest BCUT2D eigenvalue weighted by atomic mass is 16.2. The zero-order chi connectivity index (χ0) is 19.8. The van der Waals surface area contributed by atoms with Gasteiger partial charge in [0, 0.05) is 49.4 Å². The van der Waals surface area contributed by atoms with Gasteiger partial charge in [0.25, 0.3) is 5.78 Å². The molecule has 2 amide bonds. The Balaban J connectivity index is 1.59. The highest BCUT2D eigenvalue weighted by Crippen LogP contribution is 2.19. The minimum atomic E-state index is -0.381. The Kier molecular flexibility index (Phi) is 5.17. The summed E-state index contributed by atoms with van der Waals surface area (Å²) in [5.41, 5.74) is 2.53. The molecule has 1 saturated heterocycles. The third-order valence-corrected chi connectivity index (χ3v) is 5.14. The molecule has 1 fully saturated rings. The molecule has 3 heterocycles. The van der Waals surface area contributed by atoms with Crippen molar-refractivity contribution in [2.75, 3.05) is 26.2 Å². The summed E-state index contributed by atoms with van der Waals surface area (Å²) in [4.78, 5) is 37.3. The lowest BCUT2D eigenvalue weighted by Gasteiger charge is -2.37. The quantitative estimate of drug-likeness (QED) is 0.813.